The maximum atomic E-state index is 12.2. The van der Waals surface area contributed by atoms with Crippen LogP contribution in [0.1, 0.15) is 31.3 Å². The Bertz CT molecular complexity index is 834. The molecule has 0 aliphatic heterocycles. The van der Waals surface area contributed by atoms with Crippen LogP contribution in [0.25, 0.3) is 11.0 Å². The average Bonchev–Trinajstić information content (AvgIpc) is 2.83. The Morgan fingerprint density at radius 1 is 1.17 bits per heavy atom. The van der Waals surface area contributed by atoms with Crippen molar-refractivity contribution in [3.63, 3.8) is 0 Å². The zero-order valence-electron chi connectivity index (χ0n) is 13.7. The lowest BCUT2D eigenvalue weighted by molar-refractivity contribution is -0.115. The Balaban J connectivity index is 1.80. The van der Waals surface area contributed by atoms with E-state index >= 15 is 0 Å². The van der Waals surface area contributed by atoms with Crippen molar-refractivity contribution < 1.29 is 4.79 Å². The van der Waals surface area contributed by atoms with E-state index in [1.54, 1.807) is 0 Å². The molecule has 0 bridgehead atoms. The van der Waals surface area contributed by atoms with Gasteiger partial charge in [0.15, 0.2) is 0 Å². The lowest BCUT2D eigenvalue weighted by atomic mass is 10.1. The Kier molecular flexibility index (Phi) is 4.15. The highest BCUT2D eigenvalue weighted by atomic mass is 16.1. The summed E-state index contributed by atoms with van der Waals surface area (Å²) in [7, 11) is 0. The summed E-state index contributed by atoms with van der Waals surface area (Å²) in [6, 6.07) is 16.0. The van der Waals surface area contributed by atoms with Gasteiger partial charge in [-0.3, -0.25) is 4.79 Å². The Hall–Kier alpha value is -2.62. The van der Waals surface area contributed by atoms with E-state index in [1.165, 1.54) is 0 Å². The number of anilines is 1. The fourth-order valence-electron chi connectivity index (χ4n) is 2.94. The summed E-state index contributed by atoms with van der Waals surface area (Å²) in [4.78, 5) is 16.8. The van der Waals surface area contributed by atoms with Crippen molar-refractivity contribution in [3.8, 4) is 0 Å². The molecule has 0 unspecified atom stereocenters. The van der Waals surface area contributed by atoms with Gasteiger partial charge >= 0.3 is 0 Å². The first-order valence-electron chi connectivity index (χ1n) is 7.87. The Labute approximate surface area is 136 Å². The second kappa shape index (κ2) is 6.24. The third-order valence-electron chi connectivity index (χ3n) is 3.87. The SMILES string of the molecule is Cc1nc2cc(NC(=O)Cc3ccccc3)ccc2n1C(C)C. The minimum Gasteiger partial charge on any atom is -0.326 e. The second-order valence-electron chi connectivity index (χ2n) is 6.04. The molecule has 0 saturated carbocycles. The van der Waals surface area contributed by atoms with Crippen molar-refractivity contribution in [1.29, 1.82) is 0 Å². The molecule has 1 amide bonds. The summed E-state index contributed by atoms with van der Waals surface area (Å²) >= 11 is 0. The second-order valence-corrected chi connectivity index (χ2v) is 6.04. The molecule has 1 heterocycles. The van der Waals surface area contributed by atoms with Gasteiger partial charge in [-0.15, -0.1) is 0 Å². The topological polar surface area (TPSA) is 46.9 Å². The molecule has 4 nitrogen and oxygen atoms in total. The average molecular weight is 307 g/mol. The highest BCUT2D eigenvalue weighted by Gasteiger charge is 2.11. The van der Waals surface area contributed by atoms with E-state index in [1.807, 2.05) is 55.5 Å². The molecule has 0 radical (unpaired) electrons. The first-order chi connectivity index (χ1) is 11.0. The lowest BCUT2D eigenvalue weighted by Crippen LogP contribution is -2.14. The standard InChI is InChI=1S/C19H21N3O/c1-13(2)22-14(3)20-17-12-16(9-10-18(17)22)21-19(23)11-15-7-5-4-6-8-15/h4-10,12-13H,11H2,1-3H3,(H,21,23). The van der Waals surface area contributed by atoms with Gasteiger partial charge in [-0.25, -0.2) is 4.98 Å². The molecule has 2 aromatic carbocycles. The maximum absolute atomic E-state index is 12.2. The number of hydrogen-bond donors (Lipinski definition) is 1. The van der Waals surface area contributed by atoms with Crippen LogP contribution in [0, 0.1) is 6.92 Å². The highest BCUT2D eigenvalue weighted by Crippen LogP contribution is 2.23. The number of carbonyl (C=O) groups is 1. The molecule has 23 heavy (non-hydrogen) atoms. The molecule has 0 atom stereocenters. The number of nitrogens with one attached hydrogen (secondary N) is 1. The van der Waals surface area contributed by atoms with E-state index in [0.29, 0.717) is 12.5 Å². The van der Waals surface area contributed by atoms with Gasteiger partial charge in [-0.1, -0.05) is 30.3 Å². The predicted molar refractivity (Wildman–Crippen MR) is 93.6 cm³/mol. The van der Waals surface area contributed by atoms with Gasteiger partial charge in [0.1, 0.15) is 5.82 Å². The van der Waals surface area contributed by atoms with Crippen LogP contribution in [-0.4, -0.2) is 15.5 Å². The number of hydrogen-bond acceptors (Lipinski definition) is 2. The molecular weight excluding hydrogens is 286 g/mol. The normalized spacial score (nSPS) is 11.1. The predicted octanol–water partition coefficient (Wildman–Crippen LogP) is 4.11. The van der Waals surface area contributed by atoms with Crippen molar-refractivity contribution in [1.82, 2.24) is 9.55 Å². The molecule has 1 N–H and O–H groups in total. The van der Waals surface area contributed by atoms with Crippen LogP contribution in [-0.2, 0) is 11.2 Å². The summed E-state index contributed by atoms with van der Waals surface area (Å²) in [6.45, 7) is 6.29. The molecule has 0 saturated heterocycles. The largest absolute Gasteiger partial charge is 0.326 e. The molecular formula is C19H21N3O. The number of fused-ring (bicyclic) bond motifs is 1. The van der Waals surface area contributed by atoms with E-state index in [9.17, 15) is 4.79 Å². The van der Waals surface area contributed by atoms with Gasteiger partial charge in [-0.2, -0.15) is 0 Å². The van der Waals surface area contributed by atoms with Crippen LogP contribution in [0.4, 0.5) is 5.69 Å². The number of benzene rings is 2. The van der Waals surface area contributed by atoms with E-state index < -0.39 is 0 Å². The zero-order valence-corrected chi connectivity index (χ0v) is 13.7. The number of imidazole rings is 1. The smallest absolute Gasteiger partial charge is 0.228 e. The number of amides is 1. The third kappa shape index (κ3) is 3.26. The maximum Gasteiger partial charge on any atom is 0.228 e. The van der Waals surface area contributed by atoms with E-state index in [4.69, 9.17) is 0 Å². The molecule has 3 rings (SSSR count). The number of aromatic nitrogens is 2. The number of nitrogens with zero attached hydrogens (tertiary/aromatic N) is 2. The lowest BCUT2D eigenvalue weighted by Gasteiger charge is -2.11. The van der Waals surface area contributed by atoms with Crippen molar-refractivity contribution in [2.75, 3.05) is 5.32 Å². The van der Waals surface area contributed by atoms with Gasteiger partial charge in [-0.05, 0) is 44.5 Å². The van der Waals surface area contributed by atoms with E-state index in [0.717, 1.165) is 28.1 Å². The minimum atomic E-state index is -0.0180. The number of aryl methyl sites for hydroxylation is 1. The molecule has 1 aromatic heterocycles. The van der Waals surface area contributed by atoms with Crippen LogP contribution in [0.3, 0.4) is 0 Å². The fourth-order valence-corrected chi connectivity index (χ4v) is 2.94. The van der Waals surface area contributed by atoms with Crippen LogP contribution in [0.2, 0.25) is 0 Å². The van der Waals surface area contributed by atoms with Crippen LogP contribution < -0.4 is 5.32 Å². The van der Waals surface area contributed by atoms with Gasteiger partial charge in [0, 0.05) is 11.7 Å². The Morgan fingerprint density at radius 3 is 2.61 bits per heavy atom. The van der Waals surface area contributed by atoms with Gasteiger partial charge in [0.2, 0.25) is 5.91 Å². The van der Waals surface area contributed by atoms with Crippen molar-refractivity contribution in [3.05, 3.63) is 59.9 Å². The minimum absolute atomic E-state index is 0.0180. The quantitative estimate of drug-likeness (QED) is 0.788. The summed E-state index contributed by atoms with van der Waals surface area (Å²) < 4.78 is 2.20. The molecule has 0 aliphatic rings. The zero-order chi connectivity index (χ0) is 16.4. The van der Waals surface area contributed by atoms with Gasteiger partial charge in [0.25, 0.3) is 0 Å². The Morgan fingerprint density at radius 2 is 1.91 bits per heavy atom. The van der Waals surface area contributed by atoms with Gasteiger partial charge in [0.05, 0.1) is 17.5 Å². The number of rotatable bonds is 4. The fraction of sp³-hybridized carbons (Fsp3) is 0.263. The molecule has 118 valence electrons. The molecule has 0 fully saturated rings. The molecule has 4 heteroatoms. The molecule has 0 aliphatic carbocycles. The molecule has 0 spiro atoms. The third-order valence-corrected chi connectivity index (χ3v) is 3.87. The van der Waals surface area contributed by atoms with Gasteiger partial charge < -0.3 is 9.88 Å². The van der Waals surface area contributed by atoms with Crippen LogP contribution in [0.5, 0.6) is 0 Å². The van der Waals surface area contributed by atoms with E-state index in [2.05, 4.69) is 28.7 Å². The summed E-state index contributed by atoms with van der Waals surface area (Å²) in [5.41, 5.74) is 3.80. The highest BCUT2D eigenvalue weighted by molar-refractivity contribution is 5.94. The molecule has 3 aromatic rings. The van der Waals surface area contributed by atoms with E-state index in [-0.39, 0.29) is 5.91 Å². The van der Waals surface area contributed by atoms with Crippen molar-refractivity contribution in [2.24, 2.45) is 0 Å². The van der Waals surface area contributed by atoms with Crippen LogP contribution >= 0.6 is 0 Å². The summed E-state index contributed by atoms with van der Waals surface area (Å²) in [5.74, 6) is 0.971. The first-order valence-corrected chi connectivity index (χ1v) is 7.87. The van der Waals surface area contributed by atoms with Crippen molar-refractivity contribution >= 4 is 22.6 Å². The van der Waals surface area contributed by atoms with Crippen molar-refractivity contribution in [2.45, 2.75) is 33.2 Å². The number of carbonyl (C=O) groups excluding carboxylic acids is 1. The first kappa shape index (κ1) is 15.3. The summed E-state index contributed by atoms with van der Waals surface area (Å²) in [5, 5.41) is 2.95. The summed E-state index contributed by atoms with van der Waals surface area (Å²) in [6.07, 6.45) is 0.373. The monoisotopic (exact) mass is 307 g/mol. The van der Waals surface area contributed by atoms with Crippen LogP contribution in [0.15, 0.2) is 48.5 Å².